The summed E-state index contributed by atoms with van der Waals surface area (Å²) in [5, 5.41) is 23.5. The van der Waals surface area contributed by atoms with E-state index in [-0.39, 0.29) is 5.69 Å². The molecule has 0 amide bonds. The summed E-state index contributed by atoms with van der Waals surface area (Å²) in [7, 11) is 0. The molecule has 0 saturated heterocycles. The number of para-hydroxylation sites is 2. The monoisotopic (exact) mass is 222 g/mol. The van der Waals surface area contributed by atoms with Crippen molar-refractivity contribution in [2.45, 2.75) is 24.9 Å². The molecule has 0 radical (unpaired) electrons. The molecule has 1 aromatic rings. The van der Waals surface area contributed by atoms with Gasteiger partial charge in [0, 0.05) is 12.6 Å². The number of benzene rings is 1. The number of anilines is 1. The maximum Gasteiger partial charge on any atom is 0.292 e. The van der Waals surface area contributed by atoms with Crippen LogP contribution >= 0.6 is 0 Å². The standard InChI is InChI=1S/C11H14N2O3/c14-11(6-3-7-11)8-12-9-4-1-2-5-10(9)13(15)16/h1-2,4-5,12,14H,3,6-8H2. The molecule has 1 aliphatic carbocycles. The van der Waals surface area contributed by atoms with Crippen LogP contribution in [0.3, 0.4) is 0 Å². The van der Waals surface area contributed by atoms with Gasteiger partial charge in [0.1, 0.15) is 5.69 Å². The van der Waals surface area contributed by atoms with Crippen LogP contribution in [-0.2, 0) is 0 Å². The van der Waals surface area contributed by atoms with E-state index in [2.05, 4.69) is 5.32 Å². The highest BCUT2D eigenvalue weighted by atomic mass is 16.6. The summed E-state index contributed by atoms with van der Waals surface area (Å²) in [6, 6.07) is 6.47. The van der Waals surface area contributed by atoms with E-state index in [0.29, 0.717) is 12.2 Å². The third kappa shape index (κ3) is 2.14. The van der Waals surface area contributed by atoms with Gasteiger partial charge in [0.15, 0.2) is 0 Å². The SMILES string of the molecule is O=[N+]([O-])c1ccccc1NCC1(O)CCC1. The minimum atomic E-state index is -0.677. The molecule has 5 nitrogen and oxygen atoms in total. The van der Waals surface area contributed by atoms with Crippen molar-refractivity contribution in [1.82, 2.24) is 0 Å². The number of aliphatic hydroxyl groups is 1. The average Bonchev–Trinajstić information content (AvgIpc) is 2.24. The fourth-order valence-electron chi connectivity index (χ4n) is 1.80. The number of nitrogens with zero attached hydrogens (tertiary/aromatic N) is 1. The van der Waals surface area contributed by atoms with Crippen LogP contribution in [0, 0.1) is 10.1 Å². The summed E-state index contributed by atoms with van der Waals surface area (Å²) in [6.45, 7) is 0.373. The Balaban J connectivity index is 2.06. The molecule has 1 aromatic carbocycles. The van der Waals surface area contributed by atoms with Gasteiger partial charge in [-0.3, -0.25) is 10.1 Å². The predicted molar refractivity (Wildman–Crippen MR) is 60.4 cm³/mol. The van der Waals surface area contributed by atoms with Gasteiger partial charge < -0.3 is 10.4 Å². The highest BCUT2D eigenvalue weighted by Gasteiger charge is 2.34. The topological polar surface area (TPSA) is 75.4 Å². The lowest BCUT2D eigenvalue weighted by Gasteiger charge is -2.36. The Hall–Kier alpha value is -1.62. The third-order valence-corrected chi connectivity index (χ3v) is 2.99. The van der Waals surface area contributed by atoms with Crippen molar-refractivity contribution in [2.75, 3.05) is 11.9 Å². The van der Waals surface area contributed by atoms with Crippen molar-refractivity contribution < 1.29 is 10.0 Å². The van der Waals surface area contributed by atoms with E-state index < -0.39 is 10.5 Å². The first kappa shape index (κ1) is 10.9. The molecule has 1 fully saturated rings. The van der Waals surface area contributed by atoms with Crippen molar-refractivity contribution >= 4 is 11.4 Å². The maximum atomic E-state index is 10.7. The maximum absolute atomic E-state index is 10.7. The number of hydrogen-bond acceptors (Lipinski definition) is 4. The van der Waals surface area contributed by atoms with Gasteiger partial charge in [0.2, 0.25) is 0 Å². The molecule has 0 bridgehead atoms. The summed E-state index contributed by atoms with van der Waals surface area (Å²) < 4.78 is 0. The molecule has 16 heavy (non-hydrogen) atoms. The van der Waals surface area contributed by atoms with Gasteiger partial charge in [0.05, 0.1) is 10.5 Å². The molecule has 0 atom stereocenters. The minimum Gasteiger partial charge on any atom is -0.388 e. The first-order chi connectivity index (χ1) is 7.61. The number of nitrogens with one attached hydrogen (secondary N) is 1. The molecule has 0 unspecified atom stereocenters. The van der Waals surface area contributed by atoms with Gasteiger partial charge in [-0.15, -0.1) is 0 Å². The largest absolute Gasteiger partial charge is 0.388 e. The van der Waals surface area contributed by atoms with Crippen molar-refractivity contribution in [1.29, 1.82) is 0 Å². The van der Waals surface area contributed by atoms with Gasteiger partial charge in [-0.1, -0.05) is 12.1 Å². The predicted octanol–water partition coefficient (Wildman–Crippen LogP) is 1.92. The molecule has 2 N–H and O–H groups in total. The number of nitro benzene ring substituents is 1. The second-order valence-corrected chi connectivity index (χ2v) is 4.21. The van der Waals surface area contributed by atoms with Crippen LogP contribution in [0.1, 0.15) is 19.3 Å². The molecule has 0 heterocycles. The molecule has 2 rings (SSSR count). The van der Waals surface area contributed by atoms with Gasteiger partial charge in [-0.05, 0) is 25.3 Å². The number of hydrogen-bond donors (Lipinski definition) is 2. The highest BCUT2D eigenvalue weighted by Crippen LogP contribution is 2.32. The molecular weight excluding hydrogens is 208 g/mol. The van der Waals surface area contributed by atoms with E-state index in [1.165, 1.54) is 6.07 Å². The quantitative estimate of drug-likeness (QED) is 0.602. The van der Waals surface area contributed by atoms with Crippen molar-refractivity contribution in [3.05, 3.63) is 34.4 Å². The smallest absolute Gasteiger partial charge is 0.292 e. The number of rotatable bonds is 4. The van der Waals surface area contributed by atoms with Crippen molar-refractivity contribution in [3.8, 4) is 0 Å². The lowest BCUT2D eigenvalue weighted by Crippen LogP contribution is -2.43. The second kappa shape index (κ2) is 4.09. The summed E-state index contributed by atoms with van der Waals surface area (Å²) in [5.41, 5.74) is -0.165. The Labute approximate surface area is 93.2 Å². The molecule has 86 valence electrons. The fourth-order valence-corrected chi connectivity index (χ4v) is 1.80. The Morgan fingerprint density at radius 3 is 2.69 bits per heavy atom. The van der Waals surface area contributed by atoms with Crippen molar-refractivity contribution in [2.24, 2.45) is 0 Å². The summed E-state index contributed by atoms with van der Waals surface area (Å²) in [5.74, 6) is 0. The molecule has 1 saturated carbocycles. The minimum absolute atomic E-state index is 0.0467. The molecule has 5 heteroatoms. The van der Waals surface area contributed by atoms with E-state index in [1.54, 1.807) is 18.2 Å². The molecule has 1 aliphatic rings. The van der Waals surface area contributed by atoms with E-state index >= 15 is 0 Å². The fraction of sp³-hybridized carbons (Fsp3) is 0.455. The number of nitro groups is 1. The second-order valence-electron chi connectivity index (χ2n) is 4.21. The highest BCUT2D eigenvalue weighted by molar-refractivity contribution is 5.61. The molecule has 0 aromatic heterocycles. The molecule has 0 aliphatic heterocycles. The van der Waals surface area contributed by atoms with E-state index in [4.69, 9.17) is 0 Å². The zero-order chi connectivity index (χ0) is 11.6. The third-order valence-electron chi connectivity index (χ3n) is 2.99. The van der Waals surface area contributed by atoms with E-state index in [0.717, 1.165) is 19.3 Å². The van der Waals surface area contributed by atoms with Crippen molar-refractivity contribution in [3.63, 3.8) is 0 Å². The van der Waals surface area contributed by atoms with Crippen LogP contribution in [-0.4, -0.2) is 22.2 Å². The zero-order valence-corrected chi connectivity index (χ0v) is 8.85. The van der Waals surface area contributed by atoms with Crippen LogP contribution in [0.15, 0.2) is 24.3 Å². The van der Waals surface area contributed by atoms with E-state index in [1.807, 2.05) is 0 Å². The van der Waals surface area contributed by atoms with Gasteiger partial charge >= 0.3 is 0 Å². The van der Waals surface area contributed by atoms with Crippen LogP contribution in [0.25, 0.3) is 0 Å². The summed E-state index contributed by atoms with van der Waals surface area (Å²) >= 11 is 0. The van der Waals surface area contributed by atoms with Gasteiger partial charge in [-0.25, -0.2) is 0 Å². The Bertz CT molecular complexity index is 402. The van der Waals surface area contributed by atoms with Crippen LogP contribution in [0.2, 0.25) is 0 Å². The normalized spacial score (nSPS) is 17.6. The lowest BCUT2D eigenvalue weighted by atomic mass is 9.80. The Kier molecular flexibility index (Phi) is 2.78. The molecule has 0 spiro atoms. The summed E-state index contributed by atoms with van der Waals surface area (Å²) in [6.07, 6.45) is 2.55. The van der Waals surface area contributed by atoms with Crippen LogP contribution in [0.5, 0.6) is 0 Å². The van der Waals surface area contributed by atoms with Crippen LogP contribution < -0.4 is 5.32 Å². The first-order valence-corrected chi connectivity index (χ1v) is 5.30. The Morgan fingerprint density at radius 2 is 2.12 bits per heavy atom. The molecular formula is C11H14N2O3. The van der Waals surface area contributed by atoms with Crippen LogP contribution in [0.4, 0.5) is 11.4 Å². The average molecular weight is 222 g/mol. The zero-order valence-electron chi connectivity index (χ0n) is 8.85. The van der Waals surface area contributed by atoms with Gasteiger partial charge in [-0.2, -0.15) is 0 Å². The lowest BCUT2D eigenvalue weighted by molar-refractivity contribution is -0.384. The summed E-state index contributed by atoms with van der Waals surface area (Å²) in [4.78, 5) is 10.3. The van der Waals surface area contributed by atoms with E-state index in [9.17, 15) is 15.2 Å². The first-order valence-electron chi connectivity index (χ1n) is 5.30. The Morgan fingerprint density at radius 1 is 1.44 bits per heavy atom. The van der Waals surface area contributed by atoms with Gasteiger partial charge in [0.25, 0.3) is 5.69 Å².